The standard InChI is InChI=1S/C9H18ClNO3S/c1-9(2,3)15(12,13)11-4-5-14-7-8(10)6-11/h8H,4-7H2,1-3H3. The molecule has 90 valence electrons. The Kier molecular flexibility index (Phi) is 4.03. The van der Waals surface area contributed by atoms with Crippen molar-refractivity contribution < 1.29 is 13.2 Å². The van der Waals surface area contributed by atoms with Crippen molar-refractivity contribution in [2.45, 2.75) is 30.9 Å². The van der Waals surface area contributed by atoms with Crippen LogP contribution >= 0.6 is 11.6 Å². The highest BCUT2D eigenvalue weighted by Gasteiger charge is 2.36. The van der Waals surface area contributed by atoms with Crippen LogP contribution in [0.4, 0.5) is 0 Å². The SMILES string of the molecule is CC(C)(C)S(=O)(=O)N1CCOCC(Cl)C1. The molecule has 15 heavy (non-hydrogen) atoms. The van der Waals surface area contributed by atoms with Crippen LogP contribution in [0.1, 0.15) is 20.8 Å². The molecular formula is C9H18ClNO3S. The number of nitrogens with zero attached hydrogens (tertiary/aromatic N) is 1. The van der Waals surface area contributed by atoms with Gasteiger partial charge in [0.1, 0.15) is 0 Å². The van der Waals surface area contributed by atoms with E-state index in [0.717, 1.165) is 0 Å². The predicted octanol–water partition coefficient (Wildman–Crippen LogP) is 1.05. The number of hydrogen-bond donors (Lipinski definition) is 0. The molecule has 0 aromatic heterocycles. The molecule has 1 unspecified atom stereocenters. The zero-order chi connectivity index (χ0) is 11.7. The number of rotatable bonds is 1. The molecule has 0 radical (unpaired) electrons. The largest absolute Gasteiger partial charge is 0.378 e. The summed E-state index contributed by atoms with van der Waals surface area (Å²) in [5.74, 6) is 0. The molecule has 4 nitrogen and oxygen atoms in total. The highest BCUT2D eigenvalue weighted by atomic mass is 35.5. The van der Waals surface area contributed by atoms with Crippen molar-refractivity contribution in [2.75, 3.05) is 26.3 Å². The quantitative estimate of drug-likeness (QED) is 0.658. The molecule has 0 N–H and O–H groups in total. The summed E-state index contributed by atoms with van der Waals surface area (Å²) in [6.07, 6.45) is 0. The lowest BCUT2D eigenvalue weighted by Gasteiger charge is -2.29. The molecule has 0 aromatic rings. The second kappa shape index (κ2) is 4.57. The molecule has 1 rings (SSSR count). The Bertz CT molecular complexity index is 310. The van der Waals surface area contributed by atoms with Crippen molar-refractivity contribution in [2.24, 2.45) is 0 Å². The molecular weight excluding hydrogens is 238 g/mol. The lowest BCUT2D eigenvalue weighted by Crippen LogP contribution is -2.45. The Morgan fingerprint density at radius 3 is 2.53 bits per heavy atom. The Labute approximate surface area is 96.6 Å². The summed E-state index contributed by atoms with van der Waals surface area (Å²) in [5, 5.41) is -0.260. The first-order valence-corrected chi connectivity index (χ1v) is 6.84. The smallest absolute Gasteiger partial charge is 0.219 e. The van der Waals surface area contributed by atoms with Crippen LogP contribution in [0.25, 0.3) is 0 Å². The third-order valence-electron chi connectivity index (χ3n) is 2.30. The summed E-state index contributed by atoms with van der Waals surface area (Å²) in [5.41, 5.74) is 0. The molecule has 1 saturated heterocycles. The third kappa shape index (κ3) is 3.06. The minimum atomic E-state index is -3.29. The lowest BCUT2D eigenvalue weighted by molar-refractivity contribution is 0.149. The highest BCUT2D eigenvalue weighted by molar-refractivity contribution is 7.90. The van der Waals surface area contributed by atoms with E-state index in [1.807, 2.05) is 0 Å². The van der Waals surface area contributed by atoms with Crippen LogP contribution in [-0.4, -0.2) is 49.2 Å². The first-order chi connectivity index (χ1) is 6.75. The van der Waals surface area contributed by atoms with Crippen LogP contribution < -0.4 is 0 Å². The number of alkyl halides is 1. The minimum Gasteiger partial charge on any atom is -0.378 e. The highest BCUT2D eigenvalue weighted by Crippen LogP contribution is 2.22. The monoisotopic (exact) mass is 255 g/mol. The maximum atomic E-state index is 12.1. The van der Waals surface area contributed by atoms with Gasteiger partial charge in [0, 0.05) is 13.1 Å². The lowest BCUT2D eigenvalue weighted by atomic mass is 10.3. The first kappa shape index (κ1) is 13.2. The van der Waals surface area contributed by atoms with Crippen molar-refractivity contribution in [3.63, 3.8) is 0 Å². The van der Waals surface area contributed by atoms with Gasteiger partial charge < -0.3 is 4.74 Å². The van der Waals surface area contributed by atoms with Gasteiger partial charge in [-0.3, -0.25) is 0 Å². The molecule has 0 saturated carbocycles. The summed E-state index contributed by atoms with van der Waals surface area (Å²) in [6, 6.07) is 0. The van der Waals surface area contributed by atoms with Gasteiger partial charge in [0.25, 0.3) is 0 Å². The van der Waals surface area contributed by atoms with Gasteiger partial charge in [-0.1, -0.05) is 0 Å². The molecule has 0 bridgehead atoms. The normalized spacial score (nSPS) is 26.3. The molecule has 1 aliphatic heterocycles. The van der Waals surface area contributed by atoms with Gasteiger partial charge in [0.15, 0.2) is 0 Å². The zero-order valence-corrected chi connectivity index (χ0v) is 10.9. The Morgan fingerprint density at radius 1 is 1.40 bits per heavy atom. The van der Waals surface area contributed by atoms with E-state index >= 15 is 0 Å². The van der Waals surface area contributed by atoms with Crippen LogP contribution in [0.2, 0.25) is 0 Å². The molecule has 1 atom stereocenters. The zero-order valence-electron chi connectivity index (χ0n) is 9.36. The van der Waals surface area contributed by atoms with Crippen molar-refractivity contribution in [1.82, 2.24) is 4.31 Å². The van der Waals surface area contributed by atoms with E-state index in [4.69, 9.17) is 16.3 Å². The fourth-order valence-corrected chi connectivity index (χ4v) is 3.15. The predicted molar refractivity (Wildman–Crippen MR) is 60.7 cm³/mol. The Morgan fingerprint density at radius 2 is 2.00 bits per heavy atom. The van der Waals surface area contributed by atoms with Gasteiger partial charge in [-0.2, -0.15) is 4.31 Å². The summed E-state index contributed by atoms with van der Waals surface area (Å²) >= 11 is 5.94. The minimum absolute atomic E-state index is 0.260. The second-order valence-electron chi connectivity index (χ2n) is 4.65. The number of sulfonamides is 1. The molecule has 1 fully saturated rings. The Hall–Kier alpha value is 0.160. The van der Waals surface area contributed by atoms with E-state index in [1.165, 1.54) is 4.31 Å². The summed E-state index contributed by atoms with van der Waals surface area (Å²) in [4.78, 5) is 0. The second-order valence-corrected chi connectivity index (χ2v) is 7.96. The average molecular weight is 256 g/mol. The molecule has 1 aliphatic rings. The molecule has 0 aliphatic carbocycles. The van der Waals surface area contributed by atoms with Crippen molar-refractivity contribution >= 4 is 21.6 Å². The number of hydrogen-bond acceptors (Lipinski definition) is 3. The van der Waals surface area contributed by atoms with Crippen molar-refractivity contribution in [3.8, 4) is 0 Å². The van der Waals surface area contributed by atoms with E-state index in [9.17, 15) is 8.42 Å². The molecule has 6 heteroatoms. The van der Waals surface area contributed by atoms with E-state index < -0.39 is 14.8 Å². The average Bonchev–Trinajstić information content (AvgIpc) is 2.27. The fourth-order valence-electron chi connectivity index (χ4n) is 1.35. The molecule has 0 aromatic carbocycles. The van der Waals surface area contributed by atoms with Crippen molar-refractivity contribution in [1.29, 1.82) is 0 Å². The van der Waals surface area contributed by atoms with Crippen LogP contribution in [0, 0.1) is 0 Å². The van der Waals surface area contributed by atoms with Crippen LogP contribution in [0.5, 0.6) is 0 Å². The third-order valence-corrected chi connectivity index (χ3v) is 5.12. The van der Waals surface area contributed by atoms with Gasteiger partial charge in [-0.15, -0.1) is 11.6 Å². The van der Waals surface area contributed by atoms with Crippen LogP contribution in [0.15, 0.2) is 0 Å². The van der Waals surface area contributed by atoms with Crippen molar-refractivity contribution in [3.05, 3.63) is 0 Å². The summed E-state index contributed by atoms with van der Waals surface area (Å²) in [6.45, 7) is 6.63. The molecule has 0 amide bonds. The summed E-state index contributed by atoms with van der Waals surface area (Å²) in [7, 11) is -3.29. The first-order valence-electron chi connectivity index (χ1n) is 4.96. The van der Waals surface area contributed by atoms with E-state index in [0.29, 0.717) is 26.3 Å². The van der Waals surface area contributed by atoms with Gasteiger partial charge >= 0.3 is 0 Å². The number of halogens is 1. The molecule has 0 spiro atoms. The van der Waals surface area contributed by atoms with Crippen LogP contribution in [0.3, 0.4) is 0 Å². The Balaban J connectivity index is 2.86. The summed E-state index contributed by atoms with van der Waals surface area (Å²) < 4.78 is 30.1. The number of ether oxygens (including phenoxy) is 1. The molecule has 1 heterocycles. The maximum absolute atomic E-state index is 12.1. The fraction of sp³-hybridized carbons (Fsp3) is 1.00. The van der Waals surface area contributed by atoms with Crippen LogP contribution in [-0.2, 0) is 14.8 Å². The van der Waals surface area contributed by atoms with Gasteiger partial charge in [-0.25, -0.2) is 8.42 Å². The topological polar surface area (TPSA) is 46.6 Å². The van der Waals surface area contributed by atoms with E-state index in [1.54, 1.807) is 20.8 Å². The van der Waals surface area contributed by atoms with E-state index in [-0.39, 0.29) is 5.38 Å². The van der Waals surface area contributed by atoms with Gasteiger partial charge in [0.2, 0.25) is 10.0 Å². The van der Waals surface area contributed by atoms with Gasteiger partial charge in [-0.05, 0) is 20.8 Å². The maximum Gasteiger partial charge on any atom is 0.219 e. The van der Waals surface area contributed by atoms with E-state index in [2.05, 4.69) is 0 Å². The van der Waals surface area contributed by atoms with Gasteiger partial charge in [0.05, 0.1) is 23.3 Å².